The van der Waals surface area contributed by atoms with Crippen LogP contribution in [0.2, 0.25) is 0 Å². The van der Waals surface area contributed by atoms with Crippen molar-refractivity contribution in [1.29, 1.82) is 0 Å². The van der Waals surface area contributed by atoms with Gasteiger partial charge in [-0.1, -0.05) is 6.42 Å². The van der Waals surface area contributed by atoms with Gasteiger partial charge in [-0.2, -0.15) is 0 Å². The summed E-state index contributed by atoms with van der Waals surface area (Å²) in [4.78, 5) is 0.0603. The Hall–Kier alpha value is -1.27. The molecule has 5 N–H and O–H groups in total. The molecule has 3 rings (SSSR count). The van der Waals surface area contributed by atoms with Crippen LogP contribution in [0, 0.1) is 17.8 Å². The van der Waals surface area contributed by atoms with Crippen LogP contribution < -0.4 is 16.2 Å². The molecule has 2 fully saturated rings. The summed E-state index contributed by atoms with van der Waals surface area (Å²) in [6.07, 6.45) is 5.35. The topological polar surface area (TPSA) is 98.2 Å². The molecule has 21 heavy (non-hydrogen) atoms. The van der Waals surface area contributed by atoms with Crippen LogP contribution in [0.3, 0.4) is 0 Å². The molecule has 0 radical (unpaired) electrons. The monoisotopic (exact) mass is 309 g/mol. The van der Waals surface area contributed by atoms with Crippen molar-refractivity contribution in [3.8, 4) is 0 Å². The highest BCUT2D eigenvalue weighted by Crippen LogP contribution is 2.49. The van der Waals surface area contributed by atoms with Crippen molar-refractivity contribution < 1.29 is 8.42 Å². The molecule has 2 bridgehead atoms. The van der Waals surface area contributed by atoms with Gasteiger partial charge in [0.05, 0.1) is 4.90 Å². The highest BCUT2D eigenvalue weighted by molar-refractivity contribution is 7.89. The summed E-state index contributed by atoms with van der Waals surface area (Å²) in [5, 5.41) is 8.61. The first kappa shape index (κ1) is 14.7. The first-order valence-corrected chi connectivity index (χ1v) is 9.07. The van der Waals surface area contributed by atoms with Crippen LogP contribution in [0.5, 0.6) is 0 Å². The third-order valence-electron chi connectivity index (χ3n) is 5.09. The molecule has 1 aromatic rings. The Balaban J connectivity index is 1.77. The number of hydrogen-bond donors (Lipinski definition) is 3. The Kier molecular flexibility index (Phi) is 3.61. The predicted molar refractivity (Wildman–Crippen MR) is 84.3 cm³/mol. The summed E-state index contributed by atoms with van der Waals surface area (Å²) in [6, 6.07) is 5.03. The summed E-state index contributed by atoms with van der Waals surface area (Å²) in [6.45, 7) is 2.17. The first-order valence-electron chi connectivity index (χ1n) is 7.53. The van der Waals surface area contributed by atoms with Crippen LogP contribution in [-0.4, -0.2) is 14.5 Å². The summed E-state index contributed by atoms with van der Waals surface area (Å²) < 4.78 is 23.0. The average Bonchev–Trinajstić information content (AvgIpc) is 2.99. The van der Waals surface area contributed by atoms with E-state index in [4.69, 9.17) is 10.9 Å². The van der Waals surface area contributed by atoms with Crippen molar-refractivity contribution in [2.75, 3.05) is 11.1 Å². The number of primary sulfonamides is 1. The molecule has 0 spiro atoms. The van der Waals surface area contributed by atoms with Crippen LogP contribution in [0.15, 0.2) is 23.1 Å². The molecule has 6 heteroatoms. The van der Waals surface area contributed by atoms with Gasteiger partial charge in [-0.05, 0) is 62.1 Å². The number of sulfonamides is 1. The smallest absolute Gasteiger partial charge is 0.238 e. The number of rotatable bonds is 4. The molecular weight excluding hydrogens is 286 g/mol. The van der Waals surface area contributed by atoms with Gasteiger partial charge in [-0.3, -0.25) is 0 Å². The zero-order valence-electron chi connectivity index (χ0n) is 12.2. The van der Waals surface area contributed by atoms with Crippen LogP contribution >= 0.6 is 0 Å². The van der Waals surface area contributed by atoms with Gasteiger partial charge >= 0.3 is 0 Å². The fourth-order valence-electron chi connectivity index (χ4n) is 4.15. The van der Waals surface area contributed by atoms with Gasteiger partial charge in [0.15, 0.2) is 0 Å². The standard InChI is InChI=1S/C15H23N3O2S/c1-9(15-5-10-2-3-11(15)4-10)18-13-6-12(16)7-14(8-13)21(17,19)20/h6-11,15,18H,2-5,16H2,1H3,(H2,17,19,20). The lowest BCUT2D eigenvalue weighted by Gasteiger charge is -2.29. The van der Waals surface area contributed by atoms with E-state index < -0.39 is 10.0 Å². The van der Waals surface area contributed by atoms with E-state index in [0.717, 1.165) is 17.5 Å². The van der Waals surface area contributed by atoms with E-state index in [1.807, 2.05) is 0 Å². The third kappa shape index (κ3) is 3.01. The minimum atomic E-state index is -3.73. The van der Waals surface area contributed by atoms with Crippen molar-refractivity contribution in [3.05, 3.63) is 18.2 Å². The molecule has 5 nitrogen and oxygen atoms in total. The van der Waals surface area contributed by atoms with Gasteiger partial charge in [0.2, 0.25) is 10.0 Å². The number of anilines is 2. The first-order chi connectivity index (χ1) is 9.83. The predicted octanol–water partition coefficient (Wildman–Crippen LogP) is 2.15. The molecule has 4 unspecified atom stereocenters. The van der Waals surface area contributed by atoms with E-state index in [1.165, 1.54) is 31.7 Å². The zero-order chi connectivity index (χ0) is 15.2. The third-order valence-corrected chi connectivity index (χ3v) is 5.98. The summed E-state index contributed by atoms with van der Waals surface area (Å²) in [7, 11) is -3.73. The van der Waals surface area contributed by atoms with E-state index in [0.29, 0.717) is 17.6 Å². The number of fused-ring (bicyclic) bond motifs is 2. The summed E-state index contributed by atoms with van der Waals surface area (Å²) in [5.74, 6) is 2.38. The maximum absolute atomic E-state index is 11.5. The fourth-order valence-corrected chi connectivity index (χ4v) is 4.74. The average molecular weight is 309 g/mol. The lowest BCUT2D eigenvalue weighted by molar-refractivity contribution is 0.304. The Labute approximate surface area is 126 Å². The maximum atomic E-state index is 11.5. The fraction of sp³-hybridized carbons (Fsp3) is 0.600. The van der Waals surface area contributed by atoms with E-state index in [9.17, 15) is 8.42 Å². The van der Waals surface area contributed by atoms with Gasteiger partial charge in [-0.25, -0.2) is 13.6 Å². The molecule has 116 valence electrons. The molecule has 2 aliphatic rings. The van der Waals surface area contributed by atoms with Crippen LogP contribution in [0.1, 0.15) is 32.6 Å². The lowest BCUT2D eigenvalue weighted by Crippen LogP contribution is -2.30. The normalized spacial score (nSPS) is 29.5. The number of hydrogen-bond acceptors (Lipinski definition) is 4. The second kappa shape index (κ2) is 5.18. The Morgan fingerprint density at radius 3 is 2.57 bits per heavy atom. The van der Waals surface area contributed by atoms with Crippen molar-refractivity contribution in [1.82, 2.24) is 0 Å². The SMILES string of the molecule is CC(Nc1cc(N)cc(S(N)(=O)=O)c1)C1CC2CCC1C2. The Bertz CT molecular complexity index is 644. The minimum Gasteiger partial charge on any atom is -0.399 e. The number of nitrogens with one attached hydrogen (secondary N) is 1. The van der Waals surface area contributed by atoms with Gasteiger partial charge in [-0.15, -0.1) is 0 Å². The number of nitrogen functional groups attached to an aromatic ring is 1. The van der Waals surface area contributed by atoms with Crippen LogP contribution in [-0.2, 0) is 10.0 Å². The van der Waals surface area contributed by atoms with E-state index >= 15 is 0 Å². The molecule has 0 saturated heterocycles. The number of nitrogens with two attached hydrogens (primary N) is 2. The van der Waals surface area contributed by atoms with Crippen LogP contribution in [0.4, 0.5) is 11.4 Å². The Morgan fingerprint density at radius 2 is 2.00 bits per heavy atom. The molecule has 0 amide bonds. The lowest BCUT2D eigenvalue weighted by atomic mass is 9.84. The second-order valence-electron chi connectivity index (χ2n) is 6.61. The zero-order valence-corrected chi connectivity index (χ0v) is 13.1. The Morgan fingerprint density at radius 1 is 1.24 bits per heavy atom. The second-order valence-corrected chi connectivity index (χ2v) is 8.17. The number of benzene rings is 1. The summed E-state index contributed by atoms with van der Waals surface area (Å²) in [5.41, 5.74) is 6.92. The quantitative estimate of drug-likeness (QED) is 0.742. The molecule has 2 aliphatic carbocycles. The molecule has 0 aliphatic heterocycles. The molecule has 0 heterocycles. The summed E-state index contributed by atoms with van der Waals surface area (Å²) >= 11 is 0. The van der Waals surface area contributed by atoms with E-state index in [2.05, 4.69) is 12.2 Å². The molecule has 0 aromatic heterocycles. The molecule has 1 aromatic carbocycles. The maximum Gasteiger partial charge on any atom is 0.238 e. The van der Waals surface area contributed by atoms with Crippen molar-refractivity contribution >= 4 is 21.4 Å². The van der Waals surface area contributed by atoms with E-state index in [1.54, 1.807) is 12.1 Å². The van der Waals surface area contributed by atoms with Crippen molar-refractivity contribution in [2.45, 2.75) is 43.5 Å². The van der Waals surface area contributed by atoms with Gasteiger partial charge in [0.25, 0.3) is 0 Å². The molecule has 4 atom stereocenters. The van der Waals surface area contributed by atoms with Gasteiger partial charge in [0.1, 0.15) is 0 Å². The van der Waals surface area contributed by atoms with E-state index in [-0.39, 0.29) is 4.90 Å². The highest BCUT2D eigenvalue weighted by atomic mass is 32.2. The van der Waals surface area contributed by atoms with Crippen molar-refractivity contribution in [3.63, 3.8) is 0 Å². The van der Waals surface area contributed by atoms with Gasteiger partial charge < -0.3 is 11.1 Å². The highest BCUT2D eigenvalue weighted by Gasteiger charge is 2.41. The van der Waals surface area contributed by atoms with Gasteiger partial charge in [0, 0.05) is 17.4 Å². The molecular formula is C15H23N3O2S. The largest absolute Gasteiger partial charge is 0.399 e. The molecule has 2 saturated carbocycles. The minimum absolute atomic E-state index is 0.0603. The van der Waals surface area contributed by atoms with Crippen molar-refractivity contribution in [2.24, 2.45) is 22.9 Å². The van der Waals surface area contributed by atoms with Crippen LogP contribution in [0.25, 0.3) is 0 Å².